The van der Waals surface area contributed by atoms with E-state index in [4.69, 9.17) is 0 Å². The number of rotatable bonds is 5. The average Bonchev–Trinajstić information content (AvgIpc) is 3.01. The number of halogens is 1. The van der Waals surface area contributed by atoms with Gasteiger partial charge in [0.05, 0.1) is 0 Å². The van der Waals surface area contributed by atoms with Crippen molar-refractivity contribution in [2.75, 3.05) is 13.1 Å². The molecular weight excluding hydrogens is 392 g/mol. The molecule has 2 rings (SSSR count). The highest BCUT2D eigenvalue weighted by atomic mass is 79.9. The summed E-state index contributed by atoms with van der Waals surface area (Å²) >= 11 is 3.50. The van der Waals surface area contributed by atoms with Crippen LogP contribution < -0.4 is 5.32 Å². The predicted molar refractivity (Wildman–Crippen MR) is 109 cm³/mol. The first-order chi connectivity index (χ1) is 12.0. The molecule has 1 saturated heterocycles. The van der Waals surface area contributed by atoms with Crippen LogP contribution >= 0.6 is 15.9 Å². The fourth-order valence-electron chi connectivity index (χ4n) is 3.33. The van der Waals surface area contributed by atoms with Crippen LogP contribution in [0.25, 0.3) is 0 Å². The molecule has 1 aliphatic heterocycles. The zero-order valence-corrected chi connectivity index (χ0v) is 18.1. The van der Waals surface area contributed by atoms with Gasteiger partial charge >= 0.3 is 0 Å². The maximum atomic E-state index is 12.8. The Hall–Kier alpha value is -1.36. The Morgan fingerprint density at radius 3 is 2.54 bits per heavy atom. The smallest absolute Gasteiger partial charge is 0.242 e. The lowest BCUT2D eigenvalue weighted by atomic mass is 9.84. The van der Waals surface area contributed by atoms with Gasteiger partial charge in [0, 0.05) is 29.4 Å². The lowest BCUT2D eigenvalue weighted by Crippen LogP contribution is -2.49. The molecule has 2 amide bonds. The molecule has 0 radical (unpaired) electrons. The van der Waals surface area contributed by atoms with Crippen molar-refractivity contribution in [1.82, 2.24) is 10.2 Å². The molecule has 26 heavy (non-hydrogen) atoms. The molecule has 1 aromatic rings. The zero-order valence-electron chi connectivity index (χ0n) is 16.6. The minimum absolute atomic E-state index is 0.0344. The number of nitrogens with zero attached hydrogens (tertiary/aromatic N) is 1. The van der Waals surface area contributed by atoms with E-state index in [1.165, 1.54) is 5.56 Å². The Bertz CT molecular complexity index is 664. The quantitative estimate of drug-likeness (QED) is 0.769. The van der Waals surface area contributed by atoms with Crippen molar-refractivity contribution in [2.24, 2.45) is 5.41 Å². The highest BCUT2D eigenvalue weighted by Gasteiger charge is 2.35. The maximum absolute atomic E-state index is 12.8. The lowest BCUT2D eigenvalue weighted by molar-refractivity contribution is -0.139. The first-order valence-corrected chi connectivity index (χ1v) is 10.1. The number of amides is 2. The van der Waals surface area contributed by atoms with Crippen LogP contribution in [0.1, 0.15) is 59.4 Å². The number of nitrogens with one attached hydrogen (secondary N) is 1. The number of carbonyl (C=O) groups is 2. The summed E-state index contributed by atoms with van der Waals surface area (Å²) in [6.45, 7) is 11.6. The molecular formula is C21H31BrN2O2. The Kier molecular flexibility index (Phi) is 6.54. The minimum Gasteiger partial charge on any atom is -0.353 e. The van der Waals surface area contributed by atoms with Gasteiger partial charge < -0.3 is 10.2 Å². The third kappa shape index (κ3) is 5.57. The van der Waals surface area contributed by atoms with E-state index in [-0.39, 0.29) is 28.7 Å². The highest BCUT2D eigenvalue weighted by molar-refractivity contribution is 9.10. The van der Waals surface area contributed by atoms with E-state index in [0.29, 0.717) is 19.5 Å². The van der Waals surface area contributed by atoms with E-state index in [1.54, 1.807) is 4.90 Å². The number of benzene rings is 1. The van der Waals surface area contributed by atoms with Crippen LogP contribution in [0.4, 0.5) is 0 Å². The van der Waals surface area contributed by atoms with Gasteiger partial charge in [0.25, 0.3) is 0 Å². The largest absolute Gasteiger partial charge is 0.353 e. The van der Waals surface area contributed by atoms with Gasteiger partial charge in [-0.05, 0) is 36.0 Å². The molecule has 1 aliphatic rings. The SMILES string of the molecule is CC(C)(C)CC(=O)N1CCCC1C(=O)NCC(C)(C)c1cccc(Br)c1. The summed E-state index contributed by atoms with van der Waals surface area (Å²) in [6, 6.07) is 7.83. The summed E-state index contributed by atoms with van der Waals surface area (Å²) in [7, 11) is 0. The first-order valence-electron chi connectivity index (χ1n) is 9.33. The molecule has 5 heteroatoms. The molecule has 1 atom stereocenters. The summed E-state index contributed by atoms with van der Waals surface area (Å²) < 4.78 is 1.03. The summed E-state index contributed by atoms with van der Waals surface area (Å²) in [5.74, 6) is 0.0502. The Morgan fingerprint density at radius 2 is 1.92 bits per heavy atom. The van der Waals surface area contributed by atoms with Gasteiger partial charge in [0.15, 0.2) is 0 Å². The molecule has 144 valence electrons. The van der Waals surface area contributed by atoms with E-state index >= 15 is 0 Å². The zero-order chi connectivity index (χ0) is 19.5. The molecule has 0 spiro atoms. The van der Waals surface area contributed by atoms with Crippen LogP contribution in [-0.2, 0) is 15.0 Å². The van der Waals surface area contributed by atoms with Crippen molar-refractivity contribution < 1.29 is 9.59 Å². The van der Waals surface area contributed by atoms with E-state index in [1.807, 2.05) is 12.1 Å². The Balaban J connectivity index is 1.99. The predicted octanol–water partition coefficient (Wildman–Crippen LogP) is 4.27. The average molecular weight is 423 g/mol. The molecule has 1 fully saturated rings. The number of hydrogen-bond acceptors (Lipinski definition) is 2. The van der Waals surface area contributed by atoms with E-state index in [9.17, 15) is 9.59 Å². The van der Waals surface area contributed by atoms with Crippen molar-refractivity contribution >= 4 is 27.7 Å². The van der Waals surface area contributed by atoms with Crippen LogP contribution in [0.2, 0.25) is 0 Å². The lowest BCUT2D eigenvalue weighted by Gasteiger charge is -2.30. The number of likely N-dealkylation sites (tertiary alicyclic amines) is 1. The van der Waals surface area contributed by atoms with Crippen LogP contribution in [0.15, 0.2) is 28.7 Å². The van der Waals surface area contributed by atoms with Crippen molar-refractivity contribution in [3.8, 4) is 0 Å². The van der Waals surface area contributed by atoms with Gasteiger partial charge in [0.1, 0.15) is 6.04 Å². The standard InChI is InChI=1S/C21H31BrN2O2/c1-20(2,3)13-18(25)24-11-7-10-17(24)19(26)23-14-21(4,5)15-8-6-9-16(22)12-15/h6,8-9,12,17H,7,10-11,13-14H2,1-5H3,(H,23,26). The molecule has 1 N–H and O–H groups in total. The number of hydrogen-bond donors (Lipinski definition) is 1. The second kappa shape index (κ2) is 8.12. The molecule has 0 saturated carbocycles. The second-order valence-electron chi connectivity index (χ2n) is 9.09. The molecule has 4 nitrogen and oxygen atoms in total. The van der Waals surface area contributed by atoms with Crippen molar-refractivity contribution in [3.05, 3.63) is 34.3 Å². The van der Waals surface area contributed by atoms with Gasteiger partial charge in [-0.1, -0.05) is 62.7 Å². The molecule has 0 aliphatic carbocycles. The van der Waals surface area contributed by atoms with Gasteiger partial charge in [-0.15, -0.1) is 0 Å². The fourth-order valence-corrected chi connectivity index (χ4v) is 3.73. The Labute approximate surface area is 165 Å². The molecule has 1 aromatic carbocycles. The van der Waals surface area contributed by atoms with Crippen LogP contribution in [0.5, 0.6) is 0 Å². The molecule has 0 bridgehead atoms. The van der Waals surface area contributed by atoms with Gasteiger partial charge in [-0.25, -0.2) is 0 Å². The summed E-state index contributed by atoms with van der Waals surface area (Å²) in [4.78, 5) is 27.1. The molecule has 1 heterocycles. The van der Waals surface area contributed by atoms with Gasteiger partial charge in [0.2, 0.25) is 11.8 Å². The van der Waals surface area contributed by atoms with Crippen LogP contribution in [0.3, 0.4) is 0 Å². The van der Waals surface area contributed by atoms with Crippen LogP contribution in [-0.4, -0.2) is 35.8 Å². The van der Waals surface area contributed by atoms with Crippen LogP contribution in [0, 0.1) is 5.41 Å². The normalized spacial score (nSPS) is 18.1. The van der Waals surface area contributed by atoms with E-state index < -0.39 is 0 Å². The summed E-state index contributed by atoms with van der Waals surface area (Å²) in [5, 5.41) is 3.08. The Morgan fingerprint density at radius 1 is 1.23 bits per heavy atom. The summed E-state index contributed by atoms with van der Waals surface area (Å²) in [6.07, 6.45) is 2.11. The topological polar surface area (TPSA) is 49.4 Å². The first kappa shape index (κ1) is 20.9. The second-order valence-corrected chi connectivity index (χ2v) is 10.0. The molecule has 0 aromatic heterocycles. The van der Waals surface area contributed by atoms with E-state index in [2.05, 4.69) is 68.0 Å². The van der Waals surface area contributed by atoms with E-state index in [0.717, 1.165) is 17.3 Å². The van der Waals surface area contributed by atoms with Crippen molar-refractivity contribution in [1.29, 1.82) is 0 Å². The fraction of sp³-hybridized carbons (Fsp3) is 0.619. The maximum Gasteiger partial charge on any atom is 0.242 e. The van der Waals surface area contributed by atoms with Crippen molar-refractivity contribution in [2.45, 2.75) is 65.3 Å². The number of carbonyl (C=O) groups excluding carboxylic acids is 2. The minimum atomic E-state index is -0.330. The monoisotopic (exact) mass is 422 g/mol. The van der Waals surface area contributed by atoms with Gasteiger partial charge in [-0.2, -0.15) is 0 Å². The third-order valence-electron chi connectivity index (χ3n) is 4.87. The highest BCUT2D eigenvalue weighted by Crippen LogP contribution is 2.27. The molecule has 1 unspecified atom stereocenters. The van der Waals surface area contributed by atoms with Crippen molar-refractivity contribution in [3.63, 3.8) is 0 Å². The van der Waals surface area contributed by atoms with Gasteiger partial charge in [-0.3, -0.25) is 9.59 Å². The third-order valence-corrected chi connectivity index (χ3v) is 5.36. The summed E-state index contributed by atoms with van der Waals surface area (Å²) in [5.41, 5.74) is 0.918.